The van der Waals surface area contributed by atoms with Gasteiger partial charge in [0.05, 0.1) is 0 Å². The summed E-state index contributed by atoms with van der Waals surface area (Å²) in [5.41, 5.74) is 2.68. The lowest BCUT2D eigenvalue weighted by Gasteiger charge is -2.49. The predicted molar refractivity (Wildman–Crippen MR) is 91.4 cm³/mol. The first-order chi connectivity index (χ1) is 11.1. The van der Waals surface area contributed by atoms with Gasteiger partial charge in [-0.25, -0.2) is 0 Å². The number of rotatable bonds is 3. The minimum Gasteiger partial charge on any atom is -0.371 e. The highest BCUT2D eigenvalue weighted by atomic mass is 16.2. The highest BCUT2D eigenvalue weighted by Gasteiger charge is 2.42. The van der Waals surface area contributed by atoms with Crippen LogP contribution in [0.25, 0.3) is 0 Å². The molecule has 0 aromatic carbocycles. The molecular weight excluding hydrogens is 286 g/mol. The number of likely N-dealkylation sites (tertiary alicyclic amines) is 1. The van der Waals surface area contributed by atoms with Crippen LogP contribution in [0.2, 0.25) is 0 Å². The van der Waals surface area contributed by atoms with Gasteiger partial charge in [-0.05, 0) is 57.1 Å². The molecule has 0 radical (unpaired) electrons. The quantitative estimate of drug-likeness (QED) is 0.861. The third kappa shape index (κ3) is 3.22. The number of aromatic nitrogens is 1. The van der Waals surface area contributed by atoms with E-state index in [1.54, 1.807) is 0 Å². The Balaban J connectivity index is 1.49. The molecule has 3 fully saturated rings. The normalized spacial score (nSPS) is 28.5. The number of hydrogen-bond acceptors (Lipinski definition) is 3. The fraction of sp³-hybridized carbons (Fsp3) is 0.684. The van der Waals surface area contributed by atoms with Crippen LogP contribution in [0.15, 0.2) is 18.3 Å². The maximum absolute atomic E-state index is 12.3. The van der Waals surface area contributed by atoms with Gasteiger partial charge in [-0.2, -0.15) is 0 Å². The molecule has 1 aliphatic carbocycles. The molecule has 1 aromatic rings. The van der Waals surface area contributed by atoms with Crippen LogP contribution in [0, 0.1) is 18.3 Å². The number of hydrogen-bond donors (Lipinski definition) is 0. The maximum Gasteiger partial charge on any atom is 0.222 e. The average molecular weight is 313 g/mol. The van der Waals surface area contributed by atoms with Gasteiger partial charge in [0.2, 0.25) is 5.91 Å². The van der Waals surface area contributed by atoms with E-state index in [1.165, 1.54) is 31.4 Å². The molecule has 1 unspecified atom stereocenters. The van der Waals surface area contributed by atoms with E-state index in [1.807, 2.05) is 6.20 Å². The van der Waals surface area contributed by atoms with Crippen molar-refractivity contribution in [2.75, 3.05) is 31.1 Å². The number of carbonyl (C=O) groups excluding carboxylic acids is 1. The van der Waals surface area contributed by atoms with Crippen LogP contribution in [-0.4, -0.2) is 42.0 Å². The molecule has 124 valence electrons. The van der Waals surface area contributed by atoms with Gasteiger partial charge in [0.1, 0.15) is 0 Å². The highest BCUT2D eigenvalue weighted by molar-refractivity contribution is 5.77. The van der Waals surface area contributed by atoms with Gasteiger partial charge in [-0.15, -0.1) is 0 Å². The van der Waals surface area contributed by atoms with E-state index < -0.39 is 0 Å². The number of piperidine rings is 2. The van der Waals surface area contributed by atoms with Crippen LogP contribution >= 0.6 is 0 Å². The van der Waals surface area contributed by atoms with Crippen molar-refractivity contribution >= 4 is 11.6 Å². The zero-order valence-electron chi connectivity index (χ0n) is 14.1. The fourth-order valence-corrected chi connectivity index (χ4v) is 4.37. The number of nitrogens with zero attached hydrogens (tertiary/aromatic N) is 3. The highest BCUT2D eigenvalue weighted by Crippen LogP contribution is 2.41. The van der Waals surface area contributed by atoms with E-state index in [0.29, 0.717) is 11.3 Å². The van der Waals surface area contributed by atoms with E-state index in [0.717, 1.165) is 50.6 Å². The molecule has 1 aromatic heterocycles. The second-order valence-corrected chi connectivity index (χ2v) is 7.90. The molecule has 2 aliphatic heterocycles. The summed E-state index contributed by atoms with van der Waals surface area (Å²) >= 11 is 0. The molecule has 4 rings (SSSR count). The molecule has 3 aliphatic rings. The molecule has 4 heteroatoms. The average Bonchev–Trinajstić information content (AvgIpc) is 3.36. The second-order valence-electron chi connectivity index (χ2n) is 7.90. The minimum atomic E-state index is 0.304. The van der Waals surface area contributed by atoms with Crippen LogP contribution < -0.4 is 4.90 Å². The Bertz CT molecular complexity index is 598. The number of carbonyl (C=O) groups is 1. The van der Waals surface area contributed by atoms with Crippen LogP contribution in [0.5, 0.6) is 0 Å². The first kappa shape index (κ1) is 15.0. The topological polar surface area (TPSA) is 36.4 Å². The third-order valence-electron chi connectivity index (χ3n) is 5.83. The lowest BCUT2D eigenvalue weighted by molar-refractivity contribution is -0.138. The Morgan fingerprint density at radius 3 is 2.96 bits per heavy atom. The zero-order valence-corrected chi connectivity index (χ0v) is 14.1. The number of aryl methyl sites for hydroxylation is 1. The maximum atomic E-state index is 12.3. The molecule has 2 saturated heterocycles. The van der Waals surface area contributed by atoms with Gasteiger partial charge in [0, 0.05) is 55.6 Å². The van der Waals surface area contributed by atoms with Crippen molar-refractivity contribution in [3.63, 3.8) is 0 Å². The Labute approximate surface area is 138 Å². The predicted octanol–water partition coefficient (Wildman–Crippen LogP) is 3.01. The van der Waals surface area contributed by atoms with E-state index >= 15 is 0 Å². The van der Waals surface area contributed by atoms with Gasteiger partial charge in [0.25, 0.3) is 0 Å². The molecule has 1 saturated carbocycles. The minimum absolute atomic E-state index is 0.304. The van der Waals surface area contributed by atoms with E-state index in [-0.39, 0.29) is 0 Å². The van der Waals surface area contributed by atoms with Crippen molar-refractivity contribution < 1.29 is 4.79 Å². The van der Waals surface area contributed by atoms with E-state index in [9.17, 15) is 4.79 Å². The molecule has 0 N–H and O–H groups in total. The van der Waals surface area contributed by atoms with Gasteiger partial charge in [-0.3, -0.25) is 9.78 Å². The molecule has 1 atom stereocenters. The number of anilines is 1. The fourth-order valence-electron chi connectivity index (χ4n) is 4.37. The molecule has 3 heterocycles. The summed E-state index contributed by atoms with van der Waals surface area (Å²) in [5.74, 6) is 1.18. The molecule has 23 heavy (non-hydrogen) atoms. The number of pyridine rings is 1. The molecule has 0 bridgehead atoms. The summed E-state index contributed by atoms with van der Waals surface area (Å²) in [5, 5.41) is 0. The lowest BCUT2D eigenvalue weighted by atomic mass is 9.73. The summed E-state index contributed by atoms with van der Waals surface area (Å²) in [6, 6.07) is 4.32. The smallest absolute Gasteiger partial charge is 0.222 e. The largest absolute Gasteiger partial charge is 0.371 e. The van der Waals surface area contributed by atoms with Crippen molar-refractivity contribution in [3.05, 3.63) is 24.0 Å². The monoisotopic (exact) mass is 313 g/mol. The number of amides is 1. The molecular formula is C19H27N3O. The molecule has 1 amide bonds. The van der Waals surface area contributed by atoms with Crippen LogP contribution in [0.1, 0.15) is 44.2 Å². The van der Waals surface area contributed by atoms with Gasteiger partial charge in [0.15, 0.2) is 0 Å². The SMILES string of the molecule is Cc1cc(N2CCCC3(CCC(=O)N(CC4CC4)C3)C2)ccn1. The van der Waals surface area contributed by atoms with Gasteiger partial charge < -0.3 is 9.80 Å². The second kappa shape index (κ2) is 5.81. The molecule has 4 nitrogen and oxygen atoms in total. The lowest BCUT2D eigenvalue weighted by Crippen LogP contribution is -2.54. The third-order valence-corrected chi connectivity index (χ3v) is 5.83. The summed E-state index contributed by atoms with van der Waals surface area (Å²) in [6.07, 6.45) is 8.85. The van der Waals surface area contributed by atoms with Crippen LogP contribution in [-0.2, 0) is 4.79 Å². The van der Waals surface area contributed by atoms with E-state index in [2.05, 4.69) is 33.8 Å². The first-order valence-corrected chi connectivity index (χ1v) is 9.09. The van der Waals surface area contributed by atoms with Crippen molar-refractivity contribution in [1.82, 2.24) is 9.88 Å². The Morgan fingerprint density at radius 1 is 1.30 bits per heavy atom. The standard InChI is InChI=1S/C19H27N3O/c1-15-11-17(6-9-20-15)21-10-2-7-19(13-21)8-5-18(23)22(14-19)12-16-3-4-16/h6,9,11,16H,2-5,7-8,10,12-14H2,1H3. The van der Waals surface area contributed by atoms with Crippen molar-refractivity contribution in [2.24, 2.45) is 11.3 Å². The Morgan fingerprint density at radius 2 is 2.17 bits per heavy atom. The van der Waals surface area contributed by atoms with Gasteiger partial charge in [-0.1, -0.05) is 0 Å². The Kier molecular flexibility index (Phi) is 3.78. The summed E-state index contributed by atoms with van der Waals surface area (Å²) in [7, 11) is 0. The summed E-state index contributed by atoms with van der Waals surface area (Å²) in [6.45, 7) is 6.25. The van der Waals surface area contributed by atoms with Crippen molar-refractivity contribution in [3.8, 4) is 0 Å². The molecule has 1 spiro atoms. The van der Waals surface area contributed by atoms with E-state index in [4.69, 9.17) is 0 Å². The van der Waals surface area contributed by atoms with Gasteiger partial charge >= 0.3 is 0 Å². The first-order valence-electron chi connectivity index (χ1n) is 9.09. The zero-order chi connectivity index (χ0) is 15.9. The summed E-state index contributed by atoms with van der Waals surface area (Å²) < 4.78 is 0. The van der Waals surface area contributed by atoms with Crippen molar-refractivity contribution in [2.45, 2.75) is 45.4 Å². The van der Waals surface area contributed by atoms with Crippen LogP contribution in [0.3, 0.4) is 0 Å². The van der Waals surface area contributed by atoms with Crippen molar-refractivity contribution in [1.29, 1.82) is 0 Å². The van der Waals surface area contributed by atoms with Crippen LogP contribution in [0.4, 0.5) is 5.69 Å². The Hall–Kier alpha value is -1.58. The summed E-state index contributed by atoms with van der Waals surface area (Å²) in [4.78, 5) is 21.3.